The van der Waals surface area contributed by atoms with Gasteiger partial charge < -0.3 is 24.5 Å². The van der Waals surface area contributed by atoms with Crippen molar-refractivity contribution >= 4 is 46.8 Å². The number of amides is 1. The summed E-state index contributed by atoms with van der Waals surface area (Å²) in [4.78, 5) is 24.5. The summed E-state index contributed by atoms with van der Waals surface area (Å²) in [6, 6.07) is 4.25. The van der Waals surface area contributed by atoms with Crippen LogP contribution in [0.3, 0.4) is 0 Å². The number of aromatic nitrogens is 1. The molecule has 9 nitrogen and oxygen atoms in total. The van der Waals surface area contributed by atoms with Crippen LogP contribution in [0.4, 0.5) is 13.6 Å². The van der Waals surface area contributed by atoms with Gasteiger partial charge in [0.05, 0.1) is 12.7 Å². The van der Waals surface area contributed by atoms with Gasteiger partial charge in [-0.1, -0.05) is 29.3 Å². The van der Waals surface area contributed by atoms with Crippen LogP contribution in [-0.2, 0) is 16.0 Å². The topological polar surface area (TPSA) is 112 Å². The molecule has 0 radical (unpaired) electrons. The van der Waals surface area contributed by atoms with Gasteiger partial charge in [0, 0.05) is 24.3 Å². The Bertz CT molecular complexity index is 1240. The smallest absolute Gasteiger partial charge is 0.411 e. The van der Waals surface area contributed by atoms with Crippen LogP contribution in [0.5, 0.6) is 11.5 Å². The predicted molar refractivity (Wildman–Crippen MR) is 155 cm³/mol. The monoisotopic (exact) mass is 650 g/mol. The van der Waals surface area contributed by atoms with Crippen molar-refractivity contribution in [2.45, 2.75) is 70.6 Å². The van der Waals surface area contributed by atoms with Crippen LogP contribution in [0.25, 0.3) is 0 Å². The maximum absolute atomic E-state index is 12.6. The first-order chi connectivity index (χ1) is 19.6. The summed E-state index contributed by atoms with van der Waals surface area (Å²) in [6.07, 6.45) is 2.96. The molecular formula is C28H34Cl2F2N2O7S. The largest absolute Gasteiger partial charge is 0.619 e. The van der Waals surface area contributed by atoms with E-state index in [1.165, 1.54) is 41.8 Å². The molecular weight excluding hydrogens is 617 g/mol. The first-order valence-electron chi connectivity index (χ1n) is 13.2. The molecule has 1 saturated heterocycles. The van der Waals surface area contributed by atoms with Crippen molar-refractivity contribution in [2.24, 2.45) is 5.92 Å². The molecule has 1 saturated carbocycles. The number of carbonyl (C=O) groups excluding carboxylic acids is 2. The molecule has 1 amide bonds. The zero-order valence-corrected chi connectivity index (χ0v) is 26.0. The number of ether oxygens (including phenoxy) is 3. The third kappa shape index (κ3) is 10.3. The molecule has 2 aliphatic rings. The van der Waals surface area contributed by atoms with Crippen molar-refractivity contribution in [1.82, 2.24) is 4.90 Å². The molecule has 232 valence electrons. The number of carbonyl (C=O) groups is 2. The van der Waals surface area contributed by atoms with Crippen LogP contribution in [0.1, 0.15) is 57.8 Å². The fourth-order valence-corrected chi connectivity index (χ4v) is 5.61. The number of ketones is 1. The molecule has 2 heterocycles. The van der Waals surface area contributed by atoms with E-state index in [-0.39, 0.29) is 39.1 Å². The zero-order chi connectivity index (χ0) is 31.2. The van der Waals surface area contributed by atoms with Gasteiger partial charge in [-0.15, -0.1) is 11.8 Å². The highest BCUT2D eigenvalue weighted by Crippen LogP contribution is 2.36. The van der Waals surface area contributed by atoms with E-state index in [2.05, 4.69) is 4.74 Å². The van der Waals surface area contributed by atoms with E-state index in [0.29, 0.717) is 34.9 Å². The number of halogens is 4. The fourth-order valence-electron chi connectivity index (χ4n) is 3.88. The van der Waals surface area contributed by atoms with E-state index < -0.39 is 24.4 Å². The number of rotatable bonds is 9. The van der Waals surface area contributed by atoms with Crippen molar-refractivity contribution in [3.63, 3.8) is 0 Å². The van der Waals surface area contributed by atoms with Gasteiger partial charge in [0.1, 0.15) is 21.0 Å². The van der Waals surface area contributed by atoms with Crippen molar-refractivity contribution < 1.29 is 42.4 Å². The summed E-state index contributed by atoms with van der Waals surface area (Å²) in [6.45, 7) is 4.96. The van der Waals surface area contributed by atoms with Gasteiger partial charge in [-0.05, 0) is 64.2 Å². The summed E-state index contributed by atoms with van der Waals surface area (Å²) in [5.74, 6) is 1.26. The molecule has 1 aromatic heterocycles. The van der Waals surface area contributed by atoms with Gasteiger partial charge >= 0.3 is 12.7 Å². The molecule has 0 spiro atoms. The number of hydrogen-bond acceptors (Lipinski definition) is 8. The average molecular weight is 652 g/mol. The molecule has 4 rings (SSSR count). The number of nitrogens with zero attached hydrogens (tertiary/aromatic N) is 2. The molecule has 2 aromatic rings. The zero-order valence-electron chi connectivity index (χ0n) is 23.7. The maximum atomic E-state index is 12.6. The average Bonchev–Trinajstić information content (AvgIpc) is 3.56. The number of hydrogen-bond donors (Lipinski definition) is 1. The summed E-state index contributed by atoms with van der Waals surface area (Å²) in [7, 11) is 0. The Balaban J connectivity index is 0.000000274. The predicted octanol–water partition coefficient (Wildman–Crippen LogP) is 6.18. The third-order valence-corrected chi connectivity index (χ3v) is 8.03. The molecule has 1 N–H and O–H groups in total. The Morgan fingerprint density at radius 3 is 2.38 bits per heavy atom. The minimum Gasteiger partial charge on any atom is -0.619 e. The van der Waals surface area contributed by atoms with Crippen molar-refractivity contribution in [3.8, 4) is 11.5 Å². The van der Waals surface area contributed by atoms with E-state index in [1.807, 2.05) is 20.8 Å². The van der Waals surface area contributed by atoms with Gasteiger partial charge in [-0.3, -0.25) is 9.69 Å². The Labute approximate surface area is 257 Å². The van der Waals surface area contributed by atoms with Crippen LogP contribution in [0.2, 0.25) is 10.0 Å². The van der Waals surface area contributed by atoms with Crippen molar-refractivity contribution in [2.75, 3.05) is 18.9 Å². The Hall–Kier alpha value is -2.54. The van der Waals surface area contributed by atoms with Crippen LogP contribution in [-0.4, -0.2) is 58.4 Å². The van der Waals surface area contributed by atoms with Crippen LogP contribution < -0.4 is 14.2 Å². The minimum absolute atomic E-state index is 0.00311. The lowest BCUT2D eigenvalue weighted by Gasteiger charge is -2.26. The molecule has 0 bridgehead atoms. The van der Waals surface area contributed by atoms with Gasteiger partial charge in [0.2, 0.25) is 0 Å². The standard InChI is InChI=1S/C18H17Cl2F2NO4.C10H17NO3S/c19-13-7-23(25)8-14(20)12(13)6-15(24)11-3-4-16(27-18(21)22)17(5-11)26-9-10-1-2-10;1-7(12)8-11(5-6-15-8)9(13)14-10(2,3)4/h3-5,7-8,10,15,18,24H,1-2,6,9H2;8H,5-6H2,1-4H3/t15-;8-/m00/s1. The van der Waals surface area contributed by atoms with E-state index in [4.69, 9.17) is 32.7 Å². The van der Waals surface area contributed by atoms with Crippen LogP contribution in [0, 0.1) is 11.1 Å². The second-order valence-corrected chi connectivity index (χ2v) is 12.9. The van der Waals surface area contributed by atoms with Crippen molar-refractivity contribution in [1.29, 1.82) is 0 Å². The normalized spacial score (nSPS) is 17.4. The molecule has 0 unspecified atom stereocenters. The Morgan fingerprint density at radius 2 is 1.83 bits per heavy atom. The molecule has 42 heavy (non-hydrogen) atoms. The fraction of sp³-hybridized carbons (Fsp3) is 0.536. The lowest BCUT2D eigenvalue weighted by Crippen LogP contribution is -2.41. The molecule has 1 aliphatic carbocycles. The van der Waals surface area contributed by atoms with Gasteiger partial charge in [-0.2, -0.15) is 13.5 Å². The number of aliphatic hydroxyl groups is 1. The number of alkyl halides is 2. The van der Waals surface area contributed by atoms with Gasteiger partial charge in [0.25, 0.3) is 0 Å². The van der Waals surface area contributed by atoms with Gasteiger partial charge in [0.15, 0.2) is 29.7 Å². The highest BCUT2D eigenvalue weighted by atomic mass is 35.5. The highest BCUT2D eigenvalue weighted by Gasteiger charge is 2.35. The second-order valence-electron chi connectivity index (χ2n) is 10.9. The van der Waals surface area contributed by atoms with Gasteiger partial charge in [-0.25, -0.2) is 4.79 Å². The number of aliphatic hydroxyl groups excluding tert-OH is 1. The summed E-state index contributed by atoms with van der Waals surface area (Å²) in [5.41, 5.74) is 0.325. The molecule has 1 aliphatic heterocycles. The van der Waals surface area contributed by atoms with Crippen molar-refractivity contribution in [3.05, 3.63) is 57.0 Å². The number of benzene rings is 1. The van der Waals surface area contributed by atoms with Crippen LogP contribution in [0.15, 0.2) is 30.6 Å². The number of pyridine rings is 1. The Morgan fingerprint density at radius 1 is 1.19 bits per heavy atom. The summed E-state index contributed by atoms with van der Waals surface area (Å²) >= 11 is 13.5. The number of thioether (sulfide) groups is 1. The molecule has 1 aromatic carbocycles. The highest BCUT2D eigenvalue weighted by molar-refractivity contribution is 8.00. The molecule has 2 atom stereocenters. The first-order valence-corrected chi connectivity index (χ1v) is 15.0. The van der Waals surface area contributed by atoms with Crippen LogP contribution >= 0.6 is 35.0 Å². The quantitative estimate of drug-likeness (QED) is 0.253. The lowest BCUT2D eigenvalue weighted by molar-refractivity contribution is -0.605. The second kappa shape index (κ2) is 14.8. The minimum atomic E-state index is -2.98. The molecule has 2 fully saturated rings. The lowest BCUT2D eigenvalue weighted by atomic mass is 10.0. The SMILES string of the molecule is CC(=O)[C@@H]1SCCN1C(=O)OC(C)(C)C.[O-][n+]1cc(Cl)c(C[C@H](O)c2ccc(OC(F)F)c(OCC3CC3)c2)c(Cl)c1. The Kier molecular flexibility index (Phi) is 11.9. The molecule has 14 heteroatoms. The van der Waals surface area contributed by atoms with E-state index in [0.717, 1.165) is 31.0 Å². The maximum Gasteiger partial charge on any atom is 0.411 e. The summed E-state index contributed by atoms with van der Waals surface area (Å²) < 4.78 is 41.0. The number of Topliss-reactive ketones (excluding diaryl/α,β-unsaturated/α-hetero) is 1. The third-order valence-electron chi connectivity index (χ3n) is 6.06. The first kappa shape index (κ1) is 34.0. The van der Waals surface area contributed by atoms with E-state index >= 15 is 0 Å². The van der Waals surface area contributed by atoms with E-state index in [1.54, 1.807) is 0 Å². The van der Waals surface area contributed by atoms with E-state index in [9.17, 15) is 28.7 Å². The summed E-state index contributed by atoms with van der Waals surface area (Å²) in [5, 5.41) is 21.7.